The minimum Gasteiger partial charge on any atom is -0.303 e. The summed E-state index contributed by atoms with van der Waals surface area (Å²) >= 11 is 2.03. The molecule has 0 aliphatic heterocycles. The molecule has 1 aromatic heterocycles. The highest BCUT2D eigenvalue weighted by atomic mass is 32.2. The van der Waals surface area contributed by atoms with Crippen molar-refractivity contribution in [2.75, 3.05) is 19.8 Å². The Hall–Kier alpha value is -0.540. The van der Waals surface area contributed by atoms with Crippen LogP contribution in [-0.2, 0) is 6.42 Å². The second kappa shape index (κ2) is 6.41. The molecule has 1 aliphatic carbocycles. The molecule has 94 valence electrons. The average molecular weight is 250 g/mol. The highest BCUT2D eigenvalue weighted by molar-refractivity contribution is 7.99. The van der Waals surface area contributed by atoms with E-state index < -0.39 is 0 Å². The van der Waals surface area contributed by atoms with Crippen molar-refractivity contribution >= 4 is 11.8 Å². The Bertz CT molecular complexity index is 328. The molecule has 0 bridgehead atoms. The Morgan fingerprint density at radius 1 is 1.35 bits per heavy atom. The van der Waals surface area contributed by atoms with Gasteiger partial charge in [-0.25, -0.2) is 0 Å². The summed E-state index contributed by atoms with van der Waals surface area (Å²) in [5, 5.41) is 0.892. The normalized spacial score (nSPS) is 24.4. The Kier molecular flexibility index (Phi) is 4.86. The molecule has 2 nitrogen and oxygen atoms in total. The maximum Gasteiger partial charge on any atom is 0.0270 e. The summed E-state index contributed by atoms with van der Waals surface area (Å²) in [6.07, 6.45) is 11.3. The van der Waals surface area contributed by atoms with Crippen molar-refractivity contribution in [3.05, 3.63) is 30.1 Å². The van der Waals surface area contributed by atoms with Gasteiger partial charge in [0.05, 0.1) is 0 Å². The van der Waals surface area contributed by atoms with E-state index in [2.05, 4.69) is 35.3 Å². The summed E-state index contributed by atoms with van der Waals surface area (Å²) in [5.41, 5.74) is 1.39. The fourth-order valence-corrected chi connectivity index (χ4v) is 3.36. The summed E-state index contributed by atoms with van der Waals surface area (Å²) in [7, 11) is 2.27. The van der Waals surface area contributed by atoms with Gasteiger partial charge in [0.15, 0.2) is 0 Å². The van der Waals surface area contributed by atoms with Gasteiger partial charge in [-0.2, -0.15) is 11.8 Å². The fourth-order valence-electron chi connectivity index (χ4n) is 2.57. The van der Waals surface area contributed by atoms with Gasteiger partial charge in [-0.05, 0) is 56.7 Å². The standard InChI is InChI=1S/C14H22N2S/c1-16(13-3-4-14(11-13)17-2)10-7-12-5-8-15-9-6-12/h5-6,8-9,13-14H,3-4,7,10-11H2,1-2H3/t13-,14-/m1/s1. The van der Waals surface area contributed by atoms with Crippen LogP contribution in [0.4, 0.5) is 0 Å². The lowest BCUT2D eigenvalue weighted by Crippen LogP contribution is -2.31. The number of aromatic nitrogens is 1. The van der Waals surface area contributed by atoms with Crippen LogP contribution in [0.5, 0.6) is 0 Å². The molecule has 0 unspecified atom stereocenters. The highest BCUT2D eigenvalue weighted by Gasteiger charge is 2.26. The van der Waals surface area contributed by atoms with Crippen LogP contribution in [0.1, 0.15) is 24.8 Å². The van der Waals surface area contributed by atoms with E-state index in [4.69, 9.17) is 0 Å². The summed E-state index contributed by atoms with van der Waals surface area (Å²) in [4.78, 5) is 6.59. The van der Waals surface area contributed by atoms with Crippen molar-refractivity contribution in [1.29, 1.82) is 0 Å². The van der Waals surface area contributed by atoms with E-state index in [1.54, 1.807) is 0 Å². The Labute approximate surface area is 109 Å². The molecule has 2 atom stereocenters. The Morgan fingerprint density at radius 3 is 2.76 bits per heavy atom. The molecule has 0 radical (unpaired) electrons. The largest absolute Gasteiger partial charge is 0.303 e. The van der Waals surface area contributed by atoms with Crippen LogP contribution in [0.3, 0.4) is 0 Å². The molecular weight excluding hydrogens is 228 g/mol. The van der Waals surface area contributed by atoms with Crippen molar-refractivity contribution < 1.29 is 0 Å². The molecule has 0 saturated heterocycles. The van der Waals surface area contributed by atoms with E-state index >= 15 is 0 Å². The third-order valence-corrected chi connectivity index (χ3v) is 4.91. The van der Waals surface area contributed by atoms with Gasteiger partial charge >= 0.3 is 0 Å². The number of rotatable bonds is 5. The maximum absolute atomic E-state index is 4.05. The van der Waals surface area contributed by atoms with Crippen LogP contribution in [0.25, 0.3) is 0 Å². The van der Waals surface area contributed by atoms with E-state index in [9.17, 15) is 0 Å². The van der Waals surface area contributed by atoms with Gasteiger partial charge in [0.2, 0.25) is 0 Å². The van der Waals surface area contributed by atoms with Crippen molar-refractivity contribution in [1.82, 2.24) is 9.88 Å². The number of nitrogens with zero attached hydrogens (tertiary/aromatic N) is 2. The Balaban J connectivity index is 1.76. The number of pyridine rings is 1. The Morgan fingerprint density at radius 2 is 2.12 bits per heavy atom. The van der Waals surface area contributed by atoms with Crippen LogP contribution in [-0.4, -0.2) is 41.0 Å². The van der Waals surface area contributed by atoms with Crippen LogP contribution in [0.15, 0.2) is 24.5 Å². The summed E-state index contributed by atoms with van der Waals surface area (Å²) in [5.74, 6) is 0. The molecule has 0 N–H and O–H groups in total. The third-order valence-electron chi connectivity index (χ3n) is 3.82. The molecule has 1 fully saturated rings. The number of thioether (sulfide) groups is 1. The lowest BCUT2D eigenvalue weighted by Gasteiger charge is -2.24. The monoisotopic (exact) mass is 250 g/mol. The van der Waals surface area contributed by atoms with Crippen molar-refractivity contribution in [3.8, 4) is 0 Å². The number of hydrogen-bond donors (Lipinski definition) is 0. The van der Waals surface area contributed by atoms with Gasteiger partial charge in [-0.3, -0.25) is 4.98 Å². The average Bonchev–Trinajstić information content (AvgIpc) is 2.86. The second-order valence-electron chi connectivity index (χ2n) is 4.91. The predicted molar refractivity (Wildman–Crippen MR) is 75.5 cm³/mol. The fraction of sp³-hybridized carbons (Fsp3) is 0.643. The van der Waals surface area contributed by atoms with Crippen LogP contribution in [0, 0.1) is 0 Å². The van der Waals surface area contributed by atoms with Crippen LogP contribution < -0.4 is 0 Å². The first-order chi connectivity index (χ1) is 8.29. The van der Waals surface area contributed by atoms with Gasteiger partial charge in [0, 0.05) is 30.2 Å². The van der Waals surface area contributed by atoms with Crippen molar-refractivity contribution in [2.45, 2.75) is 37.0 Å². The molecule has 0 spiro atoms. The molecule has 1 heterocycles. The van der Waals surface area contributed by atoms with Crippen LogP contribution in [0.2, 0.25) is 0 Å². The number of likely N-dealkylation sites (N-methyl/N-ethyl adjacent to an activating group) is 1. The van der Waals surface area contributed by atoms with E-state index in [1.165, 1.54) is 24.8 Å². The first-order valence-electron chi connectivity index (χ1n) is 6.41. The molecule has 3 heteroatoms. The molecule has 17 heavy (non-hydrogen) atoms. The minimum atomic E-state index is 0.800. The van der Waals surface area contributed by atoms with Gasteiger partial charge in [0.1, 0.15) is 0 Å². The molecule has 0 amide bonds. The predicted octanol–water partition coefficient (Wildman–Crippen LogP) is 2.84. The van der Waals surface area contributed by atoms with Gasteiger partial charge in [0.25, 0.3) is 0 Å². The topological polar surface area (TPSA) is 16.1 Å². The zero-order valence-electron chi connectivity index (χ0n) is 10.8. The quantitative estimate of drug-likeness (QED) is 0.799. The van der Waals surface area contributed by atoms with Gasteiger partial charge in [-0.15, -0.1) is 0 Å². The van der Waals surface area contributed by atoms with Crippen LogP contribution >= 0.6 is 11.8 Å². The lowest BCUT2D eigenvalue weighted by atomic mass is 10.1. The maximum atomic E-state index is 4.05. The summed E-state index contributed by atoms with van der Waals surface area (Å²) < 4.78 is 0. The minimum absolute atomic E-state index is 0.800. The molecule has 1 saturated carbocycles. The molecule has 1 aromatic rings. The van der Waals surface area contributed by atoms with E-state index in [0.29, 0.717) is 0 Å². The van der Waals surface area contributed by atoms with E-state index in [-0.39, 0.29) is 0 Å². The first kappa shape index (κ1) is 12.9. The SMILES string of the molecule is CS[C@@H]1CC[C@@H](N(C)CCc2ccncc2)C1. The molecular formula is C14H22N2S. The smallest absolute Gasteiger partial charge is 0.0270 e. The lowest BCUT2D eigenvalue weighted by molar-refractivity contribution is 0.249. The van der Waals surface area contributed by atoms with Crippen molar-refractivity contribution in [2.24, 2.45) is 0 Å². The zero-order valence-corrected chi connectivity index (χ0v) is 11.6. The van der Waals surface area contributed by atoms with Gasteiger partial charge < -0.3 is 4.90 Å². The van der Waals surface area contributed by atoms with Gasteiger partial charge in [-0.1, -0.05) is 0 Å². The van der Waals surface area contributed by atoms with E-state index in [0.717, 1.165) is 24.3 Å². The second-order valence-corrected chi connectivity index (χ2v) is 6.05. The molecule has 2 rings (SSSR count). The zero-order chi connectivity index (χ0) is 12.1. The van der Waals surface area contributed by atoms with E-state index in [1.807, 2.05) is 24.2 Å². The summed E-state index contributed by atoms with van der Waals surface area (Å²) in [6, 6.07) is 5.04. The molecule has 1 aliphatic rings. The first-order valence-corrected chi connectivity index (χ1v) is 7.70. The molecule has 0 aromatic carbocycles. The summed E-state index contributed by atoms with van der Waals surface area (Å²) in [6.45, 7) is 1.16. The number of hydrogen-bond acceptors (Lipinski definition) is 3. The third kappa shape index (κ3) is 3.71. The van der Waals surface area contributed by atoms with Crippen molar-refractivity contribution in [3.63, 3.8) is 0 Å². The highest BCUT2D eigenvalue weighted by Crippen LogP contribution is 2.30.